The summed E-state index contributed by atoms with van der Waals surface area (Å²) in [6, 6.07) is 49.5. The molecule has 9 aromatic rings. The van der Waals surface area contributed by atoms with Crippen LogP contribution in [0.1, 0.15) is 0 Å². The van der Waals surface area contributed by atoms with Crippen molar-refractivity contribution >= 4 is 33.0 Å². The van der Waals surface area contributed by atoms with Crippen molar-refractivity contribution < 1.29 is 4.42 Å². The lowest BCUT2D eigenvalue weighted by molar-refractivity contribution is 0.670. The smallest absolute Gasteiger partial charge is 0.162 e. The van der Waals surface area contributed by atoms with Gasteiger partial charge < -0.3 is 4.42 Å². The Morgan fingerprint density at radius 1 is 0.447 bits per heavy atom. The van der Waals surface area contributed by atoms with Crippen LogP contribution in [0.5, 0.6) is 0 Å². The lowest BCUT2D eigenvalue weighted by Crippen LogP contribution is -1.96. The molecule has 0 bridgehead atoms. The number of furan rings is 1. The summed E-state index contributed by atoms with van der Waals surface area (Å²) in [5, 5.41) is 2.05. The number of fused-ring (bicyclic) bond motifs is 4. The van der Waals surface area contributed by atoms with E-state index >= 15 is 0 Å². The molecule has 9 rings (SSSR count). The number of pyridine rings is 2. The first-order valence-corrected chi connectivity index (χ1v) is 15.5. The highest BCUT2D eigenvalue weighted by molar-refractivity contribution is 6.15. The predicted molar refractivity (Wildman–Crippen MR) is 190 cm³/mol. The Bertz CT molecular complexity index is 2560. The third kappa shape index (κ3) is 4.82. The van der Waals surface area contributed by atoms with Crippen molar-refractivity contribution in [3.05, 3.63) is 158 Å². The van der Waals surface area contributed by atoms with Gasteiger partial charge in [-0.1, -0.05) is 109 Å². The molecule has 4 heterocycles. The van der Waals surface area contributed by atoms with Crippen LogP contribution in [0.15, 0.2) is 162 Å². The second-order valence-corrected chi connectivity index (χ2v) is 11.5. The standard InChI is InChI=1S/C42H26N4O/c1-2-10-29(11-3-1)42-45-36(28-21-19-27(20-22-28)32-14-9-23-43-26-32)25-37(46-42)30-12-8-13-31(24-30)39-33-15-4-6-17-35(33)44-40-34-16-5-7-18-38(34)47-41(39)40/h1-26H. The molecule has 0 fully saturated rings. The summed E-state index contributed by atoms with van der Waals surface area (Å²) < 4.78 is 6.50. The van der Waals surface area contributed by atoms with Gasteiger partial charge in [0, 0.05) is 45.4 Å². The minimum absolute atomic E-state index is 0.675. The molecule has 4 aromatic heterocycles. The van der Waals surface area contributed by atoms with E-state index in [0.29, 0.717) is 5.82 Å². The monoisotopic (exact) mass is 602 g/mol. The Hall–Kier alpha value is -6.46. The SMILES string of the molecule is c1ccc(-c2nc(-c3ccc(-c4cccnc4)cc3)cc(-c3cccc(-c4c5ccccc5nc5c4oc4ccccc45)c3)n2)cc1. The predicted octanol–water partition coefficient (Wildman–Crippen LogP) is 10.7. The molecule has 0 saturated carbocycles. The molecular formula is C42H26N4O. The lowest BCUT2D eigenvalue weighted by Gasteiger charge is -2.12. The van der Waals surface area contributed by atoms with Crippen molar-refractivity contribution in [1.29, 1.82) is 0 Å². The first-order chi connectivity index (χ1) is 23.3. The molecule has 0 radical (unpaired) electrons. The van der Waals surface area contributed by atoms with Gasteiger partial charge in [0.25, 0.3) is 0 Å². The second-order valence-electron chi connectivity index (χ2n) is 11.5. The minimum atomic E-state index is 0.675. The van der Waals surface area contributed by atoms with Gasteiger partial charge in [0.1, 0.15) is 11.1 Å². The molecule has 5 heteroatoms. The summed E-state index contributed by atoms with van der Waals surface area (Å²) in [5.74, 6) is 0.675. The minimum Gasteiger partial charge on any atom is -0.454 e. The Morgan fingerprint density at radius 2 is 1.13 bits per heavy atom. The van der Waals surface area contributed by atoms with Crippen molar-refractivity contribution in [2.75, 3.05) is 0 Å². The zero-order valence-corrected chi connectivity index (χ0v) is 25.2. The molecule has 0 unspecified atom stereocenters. The van der Waals surface area contributed by atoms with Crippen LogP contribution in [-0.2, 0) is 0 Å². The van der Waals surface area contributed by atoms with Crippen LogP contribution in [0, 0.1) is 0 Å². The molecule has 0 aliphatic heterocycles. The number of para-hydroxylation sites is 2. The molecule has 0 N–H and O–H groups in total. The van der Waals surface area contributed by atoms with E-state index in [1.54, 1.807) is 6.20 Å². The molecule has 0 amide bonds. The average Bonchev–Trinajstić information content (AvgIpc) is 3.52. The molecule has 5 aromatic carbocycles. The van der Waals surface area contributed by atoms with Gasteiger partial charge in [-0.05, 0) is 53.1 Å². The Morgan fingerprint density at radius 3 is 1.96 bits per heavy atom. The second kappa shape index (κ2) is 11.2. The summed E-state index contributed by atoms with van der Waals surface area (Å²) in [6.45, 7) is 0. The van der Waals surface area contributed by atoms with Crippen LogP contribution in [0.2, 0.25) is 0 Å². The number of benzene rings is 5. The van der Waals surface area contributed by atoms with Crippen LogP contribution >= 0.6 is 0 Å². The van der Waals surface area contributed by atoms with Gasteiger partial charge in [-0.15, -0.1) is 0 Å². The van der Waals surface area contributed by atoms with E-state index < -0.39 is 0 Å². The fourth-order valence-corrected chi connectivity index (χ4v) is 6.28. The van der Waals surface area contributed by atoms with Gasteiger partial charge in [0.05, 0.1) is 16.9 Å². The van der Waals surface area contributed by atoms with Crippen molar-refractivity contribution in [3.63, 3.8) is 0 Å². The lowest BCUT2D eigenvalue weighted by atomic mass is 9.96. The third-order valence-corrected chi connectivity index (χ3v) is 8.58. The molecule has 0 atom stereocenters. The average molecular weight is 603 g/mol. The Labute approximate surface area is 270 Å². The normalized spacial score (nSPS) is 11.4. The molecule has 0 spiro atoms. The van der Waals surface area contributed by atoms with Crippen molar-refractivity contribution in [2.24, 2.45) is 0 Å². The first kappa shape index (κ1) is 26.9. The Balaban J connectivity index is 1.22. The maximum absolute atomic E-state index is 6.50. The van der Waals surface area contributed by atoms with Crippen LogP contribution in [0.4, 0.5) is 0 Å². The number of hydrogen-bond acceptors (Lipinski definition) is 5. The Kier molecular flexibility index (Phi) is 6.39. The van der Waals surface area contributed by atoms with Gasteiger partial charge in [-0.2, -0.15) is 0 Å². The van der Waals surface area contributed by atoms with E-state index in [1.807, 2.05) is 72.9 Å². The van der Waals surface area contributed by atoms with Gasteiger partial charge >= 0.3 is 0 Å². The van der Waals surface area contributed by atoms with Crippen molar-refractivity contribution in [3.8, 4) is 56.2 Å². The highest BCUT2D eigenvalue weighted by atomic mass is 16.3. The molecular weight excluding hydrogens is 576 g/mol. The van der Waals surface area contributed by atoms with Gasteiger partial charge in [-0.25, -0.2) is 15.0 Å². The molecule has 0 saturated heterocycles. The van der Waals surface area contributed by atoms with E-state index in [1.165, 1.54) is 0 Å². The summed E-state index contributed by atoms with van der Waals surface area (Å²) in [6.07, 6.45) is 3.67. The maximum Gasteiger partial charge on any atom is 0.162 e. The topological polar surface area (TPSA) is 64.7 Å². The van der Waals surface area contributed by atoms with E-state index in [0.717, 1.165) is 83.3 Å². The molecule has 5 nitrogen and oxygen atoms in total. The highest BCUT2D eigenvalue weighted by Gasteiger charge is 2.19. The van der Waals surface area contributed by atoms with E-state index in [4.69, 9.17) is 19.4 Å². The largest absolute Gasteiger partial charge is 0.454 e. The zero-order valence-electron chi connectivity index (χ0n) is 25.2. The quantitative estimate of drug-likeness (QED) is 0.196. The summed E-state index contributed by atoms with van der Waals surface area (Å²) >= 11 is 0. The molecule has 220 valence electrons. The number of rotatable bonds is 5. The summed E-state index contributed by atoms with van der Waals surface area (Å²) in [4.78, 5) is 19.5. The van der Waals surface area contributed by atoms with Crippen LogP contribution in [0.25, 0.3) is 89.1 Å². The van der Waals surface area contributed by atoms with E-state index in [9.17, 15) is 0 Å². The molecule has 0 aliphatic rings. The van der Waals surface area contributed by atoms with Crippen LogP contribution < -0.4 is 0 Å². The van der Waals surface area contributed by atoms with Gasteiger partial charge in [0.15, 0.2) is 11.4 Å². The fraction of sp³-hybridized carbons (Fsp3) is 0. The molecule has 47 heavy (non-hydrogen) atoms. The summed E-state index contributed by atoms with van der Waals surface area (Å²) in [5.41, 5.74) is 12.3. The van der Waals surface area contributed by atoms with Crippen molar-refractivity contribution in [2.45, 2.75) is 0 Å². The van der Waals surface area contributed by atoms with Crippen LogP contribution in [0.3, 0.4) is 0 Å². The zero-order chi connectivity index (χ0) is 31.2. The maximum atomic E-state index is 6.50. The first-order valence-electron chi connectivity index (χ1n) is 15.5. The van der Waals surface area contributed by atoms with Gasteiger partial charge in [0.2, 0.25) is 0 Å². The summed E-state index contributed by atoms with van der Waals surface area (Å²) in [7, 11) is 0. The van der Waals surface area contributed by atoms with E-state index in [-0.39, 0.29) is 0 Å². The highest BCUT2D eigenvalue weighted by Crippen LogP contribution is 2.40. The third-order valence-electron chi connectivity index (χ3n) is 8.58. The number of aromatic nitrogens is 4. The van der Waals surface area contributed by atoms with Gasteiger partial charge in [-0.3, -0.25) is 4.98 Å². The number of nitrogens with zero attached hydrogens (tertiary/aromatic N) is 4. The fourth-order valence-electron chi connectivity index (χ4n) is 6.28. The number of hydrogen-bond donors (Lipinski definition) is 0. The van der Waals surface area contributed by atoms with Crippen LogP contribution in [-0.4, -0.2) is 19.9 Å². The van der Waals surface area contributed by atoms with E-state index in [2.05, 4.69) is 83.8 Å². The molecule has 0 aliphatic carbocycles. The van der Waals surface area contributed by atoms with Crippen molar-refractivity contribution in [1.82, 2.24) is 19.9 Å².